The fraction of sp³-hybridized carbons (Fsp3) is 0.875. The SMILES string of the molecule is CCN(C(N)=O)N1CCC(N)CC1. The molecule has 0 saturated carbocycles. The lowest BCUT2D eigenvalue weighted by atomic mass is 10.1. The molecule has 0 atom stereocenters. The van der Waals surface area contributed by atoms with Gasteiger partial charge in [-0.05, 0) is 19.8 Å². The van der Waals surface area contributed by atoms with Gasteiger partial charge in [0, 0.05) is 25.7 Å². The average molecular weight is 186 g/mol. The molecule has 1 saturated heterocycles. The number of hydrogen-bond donors (Lipinski definition) is 2. The number of urea groups is 1. The molecule has 1 aliphatic heterocycles. The highest BCUT2D eigenvalue weighted by atomic mass is 16.2. The zero-order valence-electron chi connectivity index (χ0n) is 8.07. The largest absolute Gasteiger partial charge is 0.350 e. The van der Waals surface area contributed by atoms with Crippen LogP contribution in [0.15, 0.2) is 0 Å². The van der Waals surface area contributed by atoms with Crippen LogP contribution < -0.4 is 11.5 Å². The molecule has 0 aliphatic carbocycles. The summed E-state index contributed by atoms with van der Waals surface area (Å²) in [6.45, 7) is 4.21. The Morgan fingerprint density at radius 2 is 2.08 bits per heavy atom. The molecule has 0 aromatic carbocycles. The van der Waals surface area contributed by atoms with Crippen molar-refractivity contribution in [3.05, 3.63) is 0 Å². The van der Waals surface area contributed by atoms with E-state index in [-0.39, 0.29) is 12.1 Å². The maximum Gasteiger partial charge on any atom is 0.329 e. The van der Waals surface area contributed by atoms with Gasteiger partial charge in [0.05, 0.1) is 0 Å². The van der Waals surface area contributed by atoms with Crippen molar-refractivity contribution in [2.24, 2.45) is 11.5 Å². The molecule has 13 heavy (non-hydrogen) atoms. The standard InChI is InChI=1S/C8H18N4O/c1-2-12(8(10)13)11-5-3-7(9)4-6-11/h7H,2-6,9H2,1H3,(H2,10,13). The maximum atomic E-state index is 11.0. The summed E-state index contributed by atoms with van der Waals surface area (Å²) in [5.74, 6) is 0. The van der Waals surface area contributed by atoms with Crippen molar-refractivity contribution in [3.63, 3.8) is 0 Å². The van der Waals surface area contributed by atoms with Crippen LogP contribution >= 0.6 is 0 Å². The predicted molar refractivity (Wildman–Crippen MR) is 50.7 cm³/mol. The number of amides is 2. The Morgan fingerprint density at radius 3 is 2.46 bits per heavy atom. The number of hydrogen-bond acceptors (Lipinski definition) is 3. The quantitative estimate of drug-likeness (QED) is 0.623. The van der Waals surface area contributed by atoms with Gasteiger partial charge in [-0.3, -0.25) is 5.01 Å². The van der Waals surface area contributed by atoms with Crippen molar-refractivity contribution < 1.29 is 4.79 Å². The van der Waals surface area contributed by atoms with Gasteiger partial charge >= 0.3 is 6.03 Å². The van der Waals surface area contributed by atoms with Crippen molar-refractivity contribution in [1.82, 2.24) is 10.0 Å². The molecule has 1 rings (SSSR count). The highest BCUT2D eigenvalue weighted by molar-refractivity contribution is 5.71. The highest BCUT2D eigenvalue weighted by Gasteiger charge is 2.22. The van der Waals surface area contributed by atoms with E-state index < -0.39 is 0 Å². The molecular formula is C8H18N4O. The minimum Gasteiger partial charge on any atom is -0.350 e. The van der Waals surface area contributed by atoms with E-state index in [1.807, 2.05) is 11.9 Å². The second-order valence-electron chi connectivity index (χ2n) is 3.35. The van der Waals surface area contributed by atoms with Gasteiger partial charge in [0.1, 0.15) is 0 Å². The first-order chi connectivity index (χ1) is 6.15. The van der Waals surface area contributed by atoms with Crippen molar-refractivity contribution in [3.8, 4) is 0 Å². The van der Waals surface area contributed by atoms with Crippen LogP contribution in [-0.2, 0) is 0 Å². The second kappa shape index (κ2) is 4.43. The number of hydrazine groups is 1. The summed E-state index contributed by atoms with van der Waals surface area (Å²) in [4.78, 5) is 11.0. The lowest BCUT2D eigenvalue weighted by molar-refractivity contribution is 0.00199. The van der Waals surface area contributed by atoms with Crippen molar-refractivity contribution in [2.75, 3.05) is 19.6 Å². The summed E-state index contributed by atoms with van der Waals surface area (Å²) in [5, 5.41) is 3.55. The van der Waals surface area contributed by atoms with E-state index in [1.165, 1.54) is 0 Å². The predicted octanol–water partition coefficient (Wildman–Crippen LogP) is -0.275. The number of carbonyl (C=O) groups is 1. The third-order valence-corrected chi connectivity index (χ3v) is 2.41. The van der Waals surface area contributed by atoms with Gasteiger partial charge in [-0.1, -0.05) is 0 Å². The number of piperidine rings is 1. The Bertz CT molecular complexity index is 177. The van der Waals surface area contributed by atoms with E-state index in [2.05, 4.69) is 0 Å². The van der Waals surface area contributed by atoms with Gasteiger partial charge < -0.3 is 11.5 Å². The smallest absolute Gasteiger partial charge is 0.329 e. The number of carbonyl (C=O) groups excluding carboxylic acids is 1. The van der Waals surface area contributed by atoms with E-state index in [0.717, 1.165) is 25.9 Å². The average Bonchev–Trinajstić information content (AvgIpc) is 2.09. The third kappa shape index (κ3) is 2.57. The van der Waals surface area contributed by atoms with Crippen LogP contribution in [0.2, 0.25) is 0 Å². The van der Waals surface area contributed by atoms with Gasteiger partial charge in [-0.2, -0.15) is 0 Å². The number of nitrogens with zero attached hydrogens (tertiary/aromatic N) is 2. The monoisotopic (exact) mass is 186 g/mol. The molecule has 1 heterocycles. The number of rotatable bonds is 2. The molecular weight excluding hydrogens is 168 g/mol. The first-order valence-electron chi connectivity index (χ1n) is 4.72. The zero-order chi connectivity index (χ0) is 9.84. The van der Waals surface area contributed by atoms with Crippen molar-refractivity contribution in [2.45, 2.75) is 25.8 Å². The molecule has 0 unspecified atom stereocenters. The molecule has 76 valence electrons. The van der Waals surface area contributed by atoms with Crippen LogP contribution in [0, 0.1) is 0 Å². The Hall–Kier alpha value is -0.810. The summed E-state index contributed by atoms with van der Waals surface area (Å²) in [7, 11) is 0. The minimum absolute atomic E-state index is 0.280. The molecule has 1 fully saturated rings. The molecule has 0 aromatic rings. The van der Waals surface area contributed by atoms with Crippen molar-refractivity contribution >= 4 is 6.03 Å². The Labute approximate surface area is 78.6 Å². The minimum atomic E-state index is -0.377. The first kappa shape index (κ1) is 10.3. The van der Waals surface area contributed by atoms with E-state index in [4.69, 9.17) is 11.5 Å². The van der Waals surface area contributed by atoms with Gasteiger partial charge in [-0.25, -0.2) is 9.80 Å². The molecule has 4 N–H and O–H groups in total. The number of primary amides is 1. The summed E-state index contributed by atoms with van der Waals surface area (Å²) in [6, 6.07) is -0.0965. The van der Waals surface area contributed by atoms with Crippen LogP contribution in [0.25, 0.3) is 0 Å². The number of nitrogens with two attached hydrogens (primary N) is 2. The van der Waals surface area contributed by atoms with E-state index in [0.29, 0.717) is 6.54 Å². The molecule has 0 radical (unpaired) electrons. The molecule has 0 aromatic heterocycles. The van der Waals surface area contributed by atoms with Crippen molar-refractivity contribution in [1.29, 1.82) is 0 Å². The fourth-order valence-electron chi connectivity index (χ4n) is 1.62. The van der Waals surface area contributed by atoms with Gasteiger partial charge in [0.15, 0.2) is 0 Å². The summed E-state index contributed by atoms with van der Waals surface area (Å²) >= 11 is 0. The van der Waals surface area contributed by atoms with Gasteiger partial charge in [0.2, 0.25) is 0 Å². The lowest BCUT2D eigenvalue weighted by Gasteiger charge is -2.37. The summed E-state index contributed by atoms with van der Waals surface area (Å²) < 4.78 is 0. The Kier molecular flexibility index (Phi) is 3.50. The first-order valence-corrected chi connectivity index (χ1v) is 4.72. The van der Waals surface area contributed by atoms with Crippen LogP contribution in [0.1, 0.15) is 19.8 Å². The molecule has 0 bridgehead atoms. The van der Waals surface area contributed by atoms with Gasteiger partial charge in [-0.15, -0.1) is 0 Å². The molecule has 5 heteroatoms. The molecule has 0 spiro atoms. The topological polar surface area (TPSA) is 75.6 Å². The van der Waals surface area contributed by atoms with E-state index in [1.54, 1.807) is 5.01 Å². The van der Waals surface area contributed by atoms with E-state index in [9.17, 15) is 4.79 Å². The third-order valence-electron chi connectivity index (χ3n) is 2.41. The maximum absolute atomic E-state index is 11.0. The Morgan fingerprint density at radius 1 is 1.54 bits per heavy atom. The highest BCUT2D eigenvalue weighted by Crippen LogP contribution is 2.10. The van der Waals surface area contributed by atoms with Gasteiger partial charge in [0.25, 0.3) is 0 Å². The zero-order valence-corrected chi connectivity index (χ0v) is 8.07. The van der Waals surface area contributed by atoms with Crippen LogP contribution in [0.3, 0.4) is 0 Å². The van der Waals surface area contributed by atoms with Crippen LogP contribution in [0.5, 0.6) is 0 Å². The molecule has 5 nitrogen and oxygen atoms in total. The fourth-order valence-corrected chi connectivity index (χ4v) is 1.62. The Balaban J connectivity index is 2.46. The lowest BCUT2D eigenvalue weighted by Crippen LogP contribution is -2.53. The normalized spacial score (nSPS) is 20.2. The van der Waals surface area contributed by atoms with Crippen LogP contribution in [0.4, 0.5) is 4.79 Å². The van der Waals surface area contributed by atoms with E-state index >= 15 is 0 Å². The summed E-state index contributed by atoms with van der Waals surface area (Å²) in [6.07, 6.45) is 1.87. The second-order valence-corrected chi connectivity index (χ2v) is 3.35. The van der Waals surface area contributed by atoms with Crippen LogP contribution in [-0.4, -0.2) is 41.7 Å². The molecule has 1 aliphatic rings. The summed E-state index contributed by atoms with van der Waals surface area (Å²) in [5.41, 5.74) is 11.0. The molecule has 2 amide bonds.